The summed E-state index contributed by atoms with van der Waals surface area (Å²) >= 11 is 0. The maximum Gasteiger partial charge on any atom is 0.224 e. The molecule has 2 rings (SSSR count). The lowest BCUT2D eigenvalue weighted by atomic mass is 9.98. The number of carbonyl (C=O) groups excluding carboxylic acids is 1. The Bertz CT molecular complexity index is 499. The van der Waals surface area contributed by atoms with Gasteiger partial charge in [0.1, 0.15) is 0 Å². The molecule has 1 atom stereocenters. The summed E-state index contributed by atoms with van der Waals surface area (Å²) in [5.74, 6) is 0.772. The van der Waals surface area contributed by atoms with Crippen molar-refractivity contribution in [2.45, 2.75) is 52.4 Å². The van der Waals surface area contributed by atoms with Gasteiger partial charge in [-0.3, -0.25) is 4.79 Å². The van der Waals surface area contributed by atoms with Gasteiger partial charge in [0.25, 0.3) is 0 Å². The molecule has 0 spiro atoms. The summed E-state index contributed by atoms with van der Waals surface area (Å²) in [6.45, 7) is 5.44. The van der Waals surface area contributed by atoms with E-state index in [4.69, 9.17) is 5.73 Å². The van der Waals surface area contributed by atoms with Gasteiger partial charge in [-0.05, 0) is 36.5 Å². The summed E-state index contributed by atoms with van der Waals surface area (Å²) < 4.78 is 0. The minimum absolute atomic E-state index is 0.0771. The fourth-order valence-corrected chi connectivity index (χ4v) is 2.80. The number of nitrogens with one attached hydrogen (secondary N) is 2. The zero-order valence-corrected chi connectivity index (χ0v) is 13.2. The highest BCUT2D eigenvalue weighted by Gasteiger charge is 2.17. The molecule has 0 radical (unpaired) electrons. The first-order valence-corrected chi connectivity index (χ1v) is 8.10. The Morgan fingerprint density at radius 2 is 2.14 bits per heavy atom. The van der Waals surface area contributed by atoms with Crippen LogP contribution in [0.4, 0.5) is 17.1 Å². The molecule has 1 unspecified atom stereocenters. The van der Waals surface area contributed by atoms with Crippen molar-refractivity contribution in [2.24, 2.45) is 5.92 Å². The average molecular weight is 289 g/mol. The molecule has 21 heavy (non-hydrogen) atoms. The Kier molecular flexibility index (Phi) is 5.48. The number of nitrogens with two attached hydrogens (primary N) is 1. The summed E-state index contributed by atoms with van der Waals surface area (Å²) in [6.07, 6.45) is 6.34. The normalized spacial score (nSPS) is 15.2. The van der Waals surface area contributed by atoms with Crippen molar-refractivity contribution in [3.05, 3.63) is 17.7 Å². The molecule has 0 aromatic heterocycles. The first-order valence-electron chi connectivity index (χ1n) is 8.10. The van der Waals surface area contributed by atoms with Crippen LogP contribution in [0.3, 0.4) is 0 Å². The van der Waals surface area contributed by atoms with Gasteiger partial charge in [0.15, 0.2) is 0 Å². The van der Waals surface area contributed by atoms with Crippen molar-refractivity contribution in [1.29, 1.82) is 0 Å². The van der Waals surface area contributed by atoms with E-state index >= 15 is 0 Å². The highest BCUT2D eigenvalue weighted by molar-refractivity contribution is 5.95. The number of amides is 1. The van der Waals surface area contributed by atoms with Gasteiger partial charge in [-0.25, -0.2) is 0 Å². The first-order chi connectivity index (χ1) is 10.1. The fourth-order valence-electron chi connectivity index (χ4n) is 2.80. The number of unbranched alkanes of at least 4 members (excludes halogenated alkanes) is 1. The number of hydrogen-bond donors (Lipinski definition) is 3. The minimum Gasteiger partial charge on any atom is -0.397 e. The van der Waals surface area contributed by atoms with Crippen molar-refractivity contribution in [3.63, 3.8) is 0 Å². The second-order valence-corrected chi connectivity index (χ2v) is 5.94. The van der Waals surface area contributed by atoms with Crippen molar-refractivity contribution in [1.82, 2.24) is 0 Å². The standard InChI is InChI=1S/C17H27N3O/c1-3-5-6-12(4-2)11-19-16-9-13-7-8-17(21)20-15(13)10-14(16)18/h9-10,12,19H,3-8,11,18H2,1-2H3,(H,20,21). The Balaban J connectivity index is 2.01. The van der Waals surface area contributed by atoms with E-state index in [0.29, 0.717) is 18.0 Å². The molecule has 0 bridgehead atoms. The third-order valence-corrected chi connectivity index (χ3v) is 4.30. The smallest absolute Gasteiger partial charge is 0.224 e. The van der Waals surface area contributed by atoms with Crippen molar-refractivity contribution >= 4 is 23.0 Å². The second kappa shape index (κ2) is 7.34. The second-order valence-electron chi connectivity index (χ2n) is 5.94. The summed E-state index contributed by atoms with van der Waals surface area (Å²) in [7, 11) is 0. The van der Waals surface area contributed by atoms with Crippen LogP contribution in [0, 0.1) is 5.92 Å². The molecule has 0 saturated heterocycles. The van der Waals surface area contributed by atoms with E-state index in [-0.39, 0.29) is 5.91 Å². The number of hydrogen-bond acceptors (Lipinski definition) is 3. The molecule has 0 fully saturated rings. The Morgan fingerprint density at radius 3 is 2.86 bits per heavy atom. The van der Waals surface area contributed by atoms with Crippen LogP contribution in [0.1, 0.15) is 51.5 Å². The van der Waals surface area contributed by atoms with E-state index in [9.17, 15) is 4.79 Å². The molecule has 0 aliphatic carbocycles. The van der Waals surface area contributed by atoms with E-state index < -0.39 is 0 Å². The van der Waals surface area contributed by atoms with Gasteiger partial charge in [-0.2, -0.15) is 0 Å². The molecule has 1 aliphatic rings. The van der Waals surface area contributed by atoms with Crippen molar-refractivity contribution < 1.29 is 4.79 Å². The highest BCUT2D eigenvalue weighted by atomic mass is 16.1. The quantitative estimate of drug-likeness (QED) is 0.669. The number of aryl methyl sites for hydroxylation is 1. The molecule has 1 heterocycles. The molecule has 1 amide bonds. The van der Waals surface area contributed by atoms with Crippen LogP contribution in [-0.2, 0) is 11.2 Å². The highest BCUT2D eigenvalue weighted by Crippen LogP contribution is 2.31. The van der Waals surface area contributed by atoms with Crippen LogP contribution in [0.25, 0.3) is 0 Å². The molecule has 4 heteroatoms. The monoisotopic (exact) mass is 289 g/mol. The van der Waals surface area contributed by atoms with Gasteiger partial charge in [0.05, 0.1) is 11.4 Å². The number of carbonyl (C=O) groups is 1. The molecular formula is C17H27N3O. The third kappa shape index (κ3) is 4.13. The third-order valence-electron chi connectivity index (χ3n) is 4.30. The Hall–Kier alpha value is -1.71. The molecule has 116 valence electrons. The Labute approximate surface area is 127 Å². The van der Waals surface area contributed by atoms with E-state index in [1.165, 1.54) is 31.2 Å². The average Bonchev–Trinajstić information content (AvgIpc) is 2.47. The SMILES string of the molecule is CCCCC(CC)CNc1cc2c(cc1N)NC(=O)CC2. The van der Waals surface area contributed by atoms with Gasteiger partial charge < -0.3 is 16.4 Å². The van der Waals surface area contributed by atoms with E-state index in [2.05, 4.69) is 30.5 Å². The topological polar surface area (TPSA) is 67.2 Å². The van der Waals surface area contributed by atoms with Crippen molar-refractivity contribution in [2.75, 3.05) is 22.9 Å². The molecule has 4 nitrogen and oxygen atoms in total. The van der Waals surface area contributed by atoms with E-state index in [0.717, 1.165) is 24.3 Å². The van der Waals surface area contributed by atoms with Crippen LogP contribution >= 0.6 is 0 Å². The zero-order valence-electron chi connectivity index (χ0n) is 13.2. The minimum atomic E-state index is 0.0771. The molecule has 1 aromatic carbocycles. The number of nitrogen functional groups attached to an aromatic ring is 1. The zero-order chi connectivity index (χ0) is 15.2. The largest absolute Gasteiger partial charge is 0.397 e. The summed E-state index contributed by atoms with van der Waals surface area (Å²) in [6, 6.07) is 3.97. The molecule has 0 saturated carbocycles. The van der Waals surface area contributed by atoms with Crippen molar-refractivity contribution in [3.8, 4) is 0 Å². The molecule has 1 aromatic rings. The number of rotatable bonds is 7. The lowest BCUT2D eigenvalue weighted by Crippen LogP contribution is -2.20. The van der Waals surface area contributed by atoms with Gasteiger partial charge in [-0.15, -0.1) is 0 Å². The molecular weight excluding hydrogens is 262 g/mol. The first kappa shape index (κ1) is 15.7. The predicted octanol–water partition coefficient (Wildman–Crippen LogP) is 3.78. The summed E-state index contributed by atoms with van der Waals surface area (Å²) in [4.78, 5) is 11.4. The predicted molar refractivity (Wildman–Crippen MR) is 89.6 cm³/mol. The van der Waals surface area contributed by atoms with Gasteiger partial charge in [-0.1, -0.05) is 33.1 Å². The van der Waals surface area contributed by atoms with Crippen LogP contribution in [0.15, 0.2) is 12.1 Å². The van der Waals surface area contributed by atoms with E-state index in [1.807, 2.05) is 6.07 Å². The lowest BCUT2D eigenvalue weighted by Gasteiger charge is -2.21. The number of benzene rings is 1. The maximum atomic E-state index is 11.4. The number of fused-ring (bicyclic) bond motifs is 1. The van der Waals surface area contributed by atoms with Gasteiger partial charge in [0.2, 0.25) is 5.91 Å². The summed E-state index contributed by atoms with van der Waals surface area (Å²) in [5.41, 5.74) is 9.86. The fraction of sp³-hybridized carbons (Fsp3) is 0.588. The van der Waals surface area contributed by atoms with E-state index in [1.54, 1.807) is 0 Å². The van der Waals surface area contributed by atoms with Gasteiger partial charge >= 0.3 is 0 Å². The van der Waals surface area contributed by atoms with Crippen LogP contribution in [-0.4, -0.2) is 12.5 Å². The van der Waals surface area contributed by atoms with Crippen LogP contribution in [0.2, 0.25) is 0 Å². The van der Waals surface area contributed by atoms with Gasteiger partial charge in [0, 0.05) is 18.7 Å². The maximum absolute atomic E-state index is 11.4. The lowest BCUT2D eigenvalue weighted by molar-refractivity contribution is -0.116. The summed E-state index contributed by atoms with van der Waals surface area (Å²) in [5, 5.41) is 6.38. The van der Waals surface area contributed by atoms with Crippen LogP contribution < -0.4 is 16.4 Å². The Morgan fingerprint density at radius 1 is 1.33 bits per heavy atom. The van der Waals surface area contributed by atoms with Crippen LogP contribution in [0.5, 0.6) is 0 Å². The molecule has 4 N–H and O–H groups in total. The number of anilines is 3. The molecule has 1 aliphatic heterocycles.